The Balaban J connectivity index is 1.78. The van der Waals surface area contributed by atoms with Crippen molar-refractivity contribution in [3.8, 4) is 5.75 Å². The van der Waals surface area contributed by atoms with Gasteiger partial charge in [0.2, 0.25) is 0 Å². The predicted molar refractivity (Wildman–Crippen MR) is 93.2 cm³/mol. The molecule has 0 heterocycles. The quantitative estimate of drug-likeness (QED) is 0.659. The van der Waals surface area contributed by atoms with E-state index in [-0.39, 0.29) is 12.5 Å². The lowest BCUT2D eigenvalue weighted by molar-refractivity contribution is -0.123. The second-order valence-electron chi connectivity index (χ2n) is 5.38. The minimum absolute atomic E-state index is 0.0695. The van der Waals surface area contributed by atoms with Crippen molar-refractivity contribution in [2.24, 2.45) is 5.10 Å². The Bertz CT molecular complexity index is 662. The van der Waals surface area contributed by atoms with Crippen molar-refractivity contribution < 1.29 is 9.53 Å². The number of benzene rings is 2. The lowest BCUT2D eigenvalue weighted by Crippen LogP contribution is -2.24. The number of carbonyl (C=O) groups excluding carboxylic acids is 1. The normalized spacial score (nSPS) is 10.6. The Morgan fingerprint density at radius 1 is 1.13 bits per heavy atom. The van der Waals surface area contributed by atoms with E-state index in [1.165, 1.54) is 0 Å². The van der Waals surface area contributed by atoms with Crippen LogP contribution >= 0.6 is 0 Å². The van der Waals surface area contributed by atoms with E-state index in [2.05, 4.69) is 10.5 Å². The first-order valence-electron chi connectivity index (χ1n) is 7.33. The van der Waals surface area contributed by atoms with Gasteiger partial charge in [0.15, 0.2) is 6.61 Å². The molecule has 0 fully saturated rings. The predicted octanol–water partition coefficient (Wildman–Crippen LogP) is 2.59. The molecule has 0 saturated heterocycles. The largest absolute Gasteiger partial charge is 0.484 e. The van der Waals surface area contributed by atoms with Crippen molar-refractivity contribution >= 4 is 17.8 Å². The number of hydrogen-bond donors (Lipinski definition) is 1. The highest BCUT2D eigenvalue weighted by molar-refractivity contribution is 5.83. The zero-order valence-electron chi connectivity index (χ0n) is 13.6. The van der Waals surface area contributed by atoms with Crippen LogP contribution in [0.15, 0.2) is 53.6 Å². The molecule has 2 rings (SSSR count). The molecule has 23 heavy (non-hydrogen) atoms. The summed E-state index contributed by atoms with van der Waals surface area (Å²) in [5.74, 6) is 0.362. The fraction of sp³-hybridized carbons (Fsp3) is 0.222. The van der Waals surface area contributed by atoms with Crippen molar-refractivity contribution in [2.75, 3.05) is 25.6 Å². The van der Waals surface area contributed by atoms with Gasteiger partial charge in [-0.05, 0) is 36.8 Å². The van der Waals surface area contributed by atoms with Crippen LogP contribution < -0.4 is 15.1 Å². The lowest BCUT2D eigenvalue weighted by Gasteiger charge is -2.11. The van der Waals surface area contributed by atoms with Crippen LogP contribution in [0.4, 0.5) is 5.69 Å². The number of nitrogens with one attached hydrogen (secondary N) is 1. The first-order chi connectivity index (χ1) is 11.0. The number of aryl methyl sites for hydroxylation is 1. The number of hydrazone groups is 1. The van der Waals surface area contributed by atoms with Crippen LogP contribution in [0.1, 0.15) is 11.1 Å². The first kappa shape index (κ1) is 16.5. The molecule has 0 spiro atoms. The first-order valence-corrected chi connectivity index (χ1v) is 7.33. The summed E-state index contributed by atoms with van der Waals surface area (Å²) in [6, 6.07) is 15.4. The Morgan fingerprint density at radius 2 is 1.78 bits per heavy atom. The Morgan fingerprint density at radius 3 is 2.39 bits per heavy atom. The maximum absolute atomic E-state index is 11.7. The number of hydrogen-bond acceptors (Lipinski definition) is 4. The van der Waals surface area contributed by atoms with Crippen molar-refractivity contribution in [3.05, 3.63) is 59.7 Å². The SMILES string of the molecule is Cc1ccc(OCC(=O)N/N=C\c2ccc(N(C)C)cc2)cc1. The molecule has 0 bridgehead atoms. The number of rotatable bonds is 6. The number of amides is 1. The molecule has 5 nitrogen and oxygen atoms in total. The van der Waals surface area contributed by atoms with Crippen LogP contribution in [0.2, 0.25) is 0 Å². The molecule has 2 aromatic rings. The Kier molecular flexibility index (Phi) is 5.74. The zero-order valence-corrected chi connectivity index (χ0v) is 13.6. The van der Waals surface area contributed by atoms with Crippen molar-refractivity contribution in [2.45, 2.75) is 6.92 Å². The second-order valence-corrected chi connectivity index (χ2v) is 5.38. The van der Waals surface area contributed by atoms with Gasteiger partial charge < -0.3 is 9.64 Å². The molecule has 0 atom stereocenters. The fourth-order valence-corrected chi connectivity index (χ4v) is 1.85. The third-order valence-corrected chi connectivity index (χ3v) is 3.20. The van der Waals surface area contributed by atoms with E-state index in [1.54, 1.807) is 6.21 Å². The summed E-state index contributed by atoms with van der Waals surface area (Å²) in [6.07, 6.45) is 1.60. The van der Waals surface area contributed by atoms with Crippen LogP contribution in [-0.2, 0) is 4.79 Å². The third-order valence-electron chi connectivity index (χ3n) is 3.20. The molecule has 0 saturated carbocycles. The monoisotopic (exact) mass is 311 g/mol. The molecule has 1 N–H and O–H groups in total. The average molecular weight is 311 g/mol. The van der Waals surface area contributed by atoms with Gasteiger partial charge in [-0.25, -0.2) is 5.43 Å². The minimum atomic E-state index is -0.299. The van der Waals surface area contributed by atoms with Crippen LogP contribution in [-0.4, -0.2) is 32.8 Å². The summed E-state index contributed by atoms with van der Waals surface area (Å²) < 4.78 is 5.38. The highest BCUT2D eigenvalue weighted by Crippen LogP contribution is 2.11. The van der Waals surface area contributed by atoms with E-state index in [0.717, 1.165) is 16.8 Å². The molecule has 0 unspecified atom stereocenters. The molecule has 0 aromatic heterocycles. The molecule has 1 amide bonds. The van der Waals surface area contributed by atoms with E-state index in [4.69, 9.17) is 4.74 Å². The third kappa shape index (κ3) is 5.47. The zero-order chi connectivity index (χ0) is 16.7. The molecule has 5 heteroatoms. The van der Waals surface area contributed by atoms with Crippen LogP contribution in [0.3, 0.4) is 0 Å². The molecular weight excluding hydrogens is 290 g/mol. The van der Waals surface area contributed by atoms with Gasteiger partial charge in [-0.2, -0.15) is 5.10 Å². The van der Waals surface area contributed by atoms with Crippen LogP contribution in [0.5, 0.6) is 5.75 Å². The number of nitrogens with zero attached hydrogens (tertiary/aromatic N) is 2. The summed E-state index contributed by atoms with van der Waals surface area (Å²) in [7, 11) is 3.97. The molecule has 0 aliphatic rings. The van der Waals surface area contributed by atoms with Gasteiger partial charge in [0, 0.05) is 19.8 Å². The standard InChI is InChI=1S/C18H21N3O2/c1-14-4-10-17(11-5-14)23-13-18(22)20-19-12-15-6-8-16(9-7-15)21(2)3/h4-12H,13H2,1-3H3,(H,20,22)/b19-12-. The maximum atomic E-state index is 11.7. The Labute approximate surface area is 136 Å². The van der Waals surface area contributed by atoms with Gasteiger partial charge in [-0.15, -0.1) is 0 Å². The van der Waals surface area contributed by atoms with Gasteiger partial charge in [0.1, 0.15) is 5.75 Å². The fourth-order valence-electron chi connectivity index (χ4n) is 1.85. The van der Waals surface area contributed by atoms with E-state index < -0.39 is 0 Å². The number of ether oxygens (including phenoxy) is 1. The van der Waals surface area contributed by atoms with E-state index in [0.29, 0.717) is 5.75 Å². The van der Waals surface area contributed by atoms with E-state index in [9.17, 15) is 4.79 Å². The summed E-state index contributed by atoms with van der Waals surface area (Å²) >= 11 is 0. The highest BCUT2D eigenvalue weighted by Gasteiger charge is 2.01. The topological polar surface area (TPSA) is 53.9 Å². The van der Waals surface area contributed by atoms with Crippen LogP contribution in [0.25, 0.3) is 0 Å². The Hall–Kier alpha value is -2.82. The second kappa shape index (κ2) is 7.98. The van der Waals surface area contributed by atoms with E-state index in [1.807, 2.05) is 74.4 Å². The van der Waals surface area contributed by atoms with Gasteiger partial charge >= 0.3 is 0 Å². The molecular formula is C18H21N3O2. The molecule has 0 aliphatic carbocycles. The minimum Gasteiger partial charge on any atom is -0.484 e. The number of anilines is 1. The summed E-state index contributed by atoms with van der Waals surface area (Å²) in [5, 5.41) is 3.92. The maximum Gasteiger partial charge on any atom is 0.277 e. The molecule has 0 radical (unpaired) electrons. The summed E-state index contributed by atoms with van der Waals surface area (Å²) in [4.78, 5) is 13.7. The van der Waals surface area contributed by atoms with Crippen molar-refractivity contribution in [3.63, 3.8) is 0 Å². The number of carbonyl (C=O) groups is 1. The van der Waals surface area contributed by atoms with Gasteiger partial charge in [0.25, 0.3) is 5.91 Å². The lowest BCUT2D eigenvalue weighted by atomic mass is 10.2. The van der Waals surface area contributed by atoms with Gasteiger partial charge in [-0.3, -0.25) is 4.79 Å². The van der Waals surface area contributed by atoms with Gasteiger partial charge in [-0.1, -0.05) is 29.8 Å². The molecule has 0 aliphatic heterocycles. The van der Waals surface area contributed by atoms with Crippen LogP contribution in [0, 0.1) is 6.92 Å². The van der Waals surface area contributed by atoms with Crippen molar-refractivity contribution in [1.29, 1.82) is 0 Å². The van der Waals surface area contributed by atoms with E-state index >= 15 is 0 Å². The average Bonchev–Trinajstić information content (AvgIpc) is 2.55. The van der Waals surface area contributed by atoms with Gasteiger partial charge in [0.05, 0.1) is 6.21 Å². The summed E-state index contributed by atoms with van der Waals surface area (Å²) in [5.41, 5.74) is 5.61. The smallest absolute Gasteiger partial charge is 0.277 e. The molecule has 120 valence electrons. The van der Waals surface area contributed by atoms with Crippen molar-refractivity contribution in [1.82, 2.24) is 5.43 Å². The summed E-state index contributed by atoms with van der Waals surface area (Å²) in [6.45, 7) is 1.93. The molecule has 2 aromatic carbocycles. The highest BCUT2D eigenvalue weighted by atomic mass is 16.5.